The van der Waals surface area contributed by atoms with Gasteiger partial charge in [0.2, 0.25) is 5.91 Å². The maximum absolute atomic E-state index is 12.1. The number of hydrogen-bond donors (Lipinski definition) is 1. The molecule has 1 aliphatic rings. The van der Waals surface area contributed by atoms with Crippen LogP contribution in [0.2, 0.25) is 0 Å². The Morgan fingerprint density at radius 1 is 1.39 bits per heavy atom. The zero-order valence-electron chi connectivity index (χ0n) is 11.0. The average Bonchev–Trinajstić information content (AvgIpc) is 2.39. The number of nitrogens with one attached hydrogen (secondary N) is 1. The number of benzene rings is 1. The normalized spacial score (nSPS) is 17.4. The lowest BCUT2D eigenvalue weighted by Crippen LogP contribution is -2.35. The molecule has 0 unspecified atom stereocenters. The number of rotatable bonds is 3. The van der Waals surface area contributed by atoms with Gasteiger partial charge in [0.15, 0.2) is 0 Å². The third-order valence-electron chi connectivity index (χ3n) is 3.43. The number of ether oxygens (including phenoxy) is 1. The van der Waals surface area contributed by atoms with Gasteiger partial charge in [-0.15, -0.1) is 0 Å². The van der Waals surface area contributed by atoms with Crippen LogP contribution in [0, 0.1) is 5.92 Å². The molecule has 0 atom stereocenters. The van der Waals surface area contributed by atoms with E-state index in [0.717, 1.165) is 37.4 Å². The Hall–Kier alpha value is -1.55. The fraction of sp³-hybridized carbons (Fsp3) is 0.500. The lowest BCUT2D eigenvalue weighted by atomic mass is 9.96. The second kappa shape index (κ2) is 5.87. The van der Waals surface area contributed by atoms with Gasteiger partial charge in [0.1, 0.15) is 5.75 Å². The lowest BCUT2D eigenvalue weighted by Gasteiger charge is -2.28. The zero-order valence-corrected chi connectivity index (χ0v) is 11.0. The summed E-state index contributed by atoms with van der Waals surface area (Å²) in [6.45, 7) is 1.99. The van der Waals surface area contributed by atoms with Gasteiger partial charge in [-0.1, -0.05) is 6.07 Å². The van der Waals surface area contributed by atoms with E-state index in [9.17, 15) is 4.79 Å². The number of piperidine rings is 1. The molecule has 4 heteroatoms. The Labute approximate surface area is 108 Å². The molecule has 0 bridgehead atoms. The van der Waals surface area contributed by atoms with Crippen molar-refractivity contribution in [3.05, 3.63) is 24.3 Å². The molecule has 0 radical (unpaired) electrons. The molecule has 0 saturated carbocycles. The molecule has 4 nitrogen and oxygen atoms in total. The van der Waals surface area contributed by atoms with Crippen molar-refractivity contribution in [3.8, 4) is 5.75 Å². The van der Waals surface area contributed by atoms with E-state index in [1.54, 1.807) is 7.11 Å². The molecule has 1 N–H and O–H groups in total. The Morgan fingerprint density at radius 2 is 2.11 bits per heavy atom. The molecule has 0 aliphatic carbocycles. The van der Waals surface area contributed by atoms with Crippen molar-refractivity contribution in [2.45, 2.75) is 12.8 Å². The highest BCUT2D eigenvalue weighted by atomic mass is 16.5. The van der Waals surface area contributed by atoms with Crippen molar-refractivity contribution < 1.29 is 9.53 Å². The van der Waals surface area contributed by atoms with Crippen LogP contribution in [0.25, 0.3) is 0 Å². The van der Waals surface area contributed by atoms with Crippen molar-refractivity contribution in [2.75, 3.05) is 32.6 Å². The van der Waals surface area contributed by atoms with Crippen LogP contribution in [-0.4, -0.2) is 38.1 Å². The summed E-state index contributed by atoms with van der Waals surface area (Å²) in [4.78, 5) is 14.4. The summed E-state index contributed by atoms with van der Waals surface area (Å²) in [5, 5.41) is 2.96. The highest BCUT2D eigenvalue weighted by Crippen LogP contribution is 2.21. The third kappa shape index (κ3) is 3.23. The minimum atomic E-state index is 0.122. The molecular formula is C14H20N2O2. The van der Waals surface area contributed by atoms with Gasteiger partial charge in [0, 0.05) is 17.7 Å². The largest absolute Gasteiger partial charge is 0.497 e. The first-order valence-electron chi connectivity index (χ1n) is 6.32. The molecular weight excluding hydrogens is 228 g/mol. The number of carbonyl (C=O) groups excluding carboxylic acids is 1. The van der Waals surface area contributed by atoms with Gasteiger partial charge in [-0.25, -0.2) is 0 Å². The predicted octanol–water partition coefficient (Wildman–Crippen LogP) is 1.98. The van der Waals surface area contributed by atoms with E-state index in [2.05, 4.69) is 17.3 Å². The van der Waals surface area contributed by atoms with E-state index in [1.807, 2.05) is 24.3 Å². The van der Waals surface area contributed by atoms with Gasteiger partial charge in [-0.3, -0.25) is 4.79 Å². The first-order chi connectivity index (χ1) is 8.69. The summed E-state index contributed by atoms with van der Waals surface area (Å²) < 4.78 is 5.14. The van der Waals surface area contributed by atoms with Crippen molar-refractivity contribution in [1.82, 2.24) is 4.90 Å². The van der Waals surface area contributed by atoms with E-state index in [4.69, 9.17) is 4.74 Å². The summed E-state index contributed by atoms with van der Waals surface area (Å²) in [7, 11) is 3.72. The fourth-order valence-electron chi connectivity index (χ4n) is 2.22. The molecule has 1 saturated heterocycles. The molecule has 0 aromatic heterocycles. The number of carbonyl (C=O) groups is 1. The first kappa shape index (κ1) is 12.9. The van der Waals surface area contributed by atoms with E-state index in [-0.39, 0.29) is 11.8 Å². The van der Waals surface area contributed by atoms with Crippen LogP contribution in [0.4, 0.5) is 5.69 Å². The van der Waals surface area contributed by atoms with Crippen molar-refractivity contribution in [2.24, 2.45) is 5.92 Å². The van der Waals surface area contributed by atoms with Crippen molar-refractivity contribution >= 4 is 11.6 Å². The fourth-order valence-corrected chi connectivity index (χ4v) is 2.22. The molecule has 1 aromatic rings. The van der Waals surface area contributed by atoms with E-state index < -0.39 is 0 Å². The Kier molecular flexibility index (Phi) is 4.20. The van der Waals surface area contributed by atoms with Crippen LogP contribution in [0.3, 0.4) is 0 Å². The Morgan fingerprint density at radius 3 is 2.78 bits per heavy atom. The summed E-state index contributed by atoms with van der Waals surface area (Å²) in [6.07, 6.45) is 1.87. The minimum Gasteiger partial charge on any atom is -0.497 e. The molecule has 1 heterocycles. The molecule has 1 fully saturated rings. The SMILES string of the molecule is COc1cccc(NC(=O)C2CCN(C)CC2)c1. The van der Waals surface area contributed by atoms with Gasteiger partial charge in [-0.05, 0) is 45.1 Å². The molecule has 1 aliphatic heterocycles. The molecule has 98 valence electrons. The highest BCUT2D eigenvalue weighted by molar-refractivity contribution is 5.92. The quantitative estimate of drug-likeness (QED) is 0.889. The molecule has 1 amide bonds. The number of hydrogen-bond acceptors (Lipinski definition) is 3. The highest BCUT2D eigenvalue weighted by Gasteiger charge is 2.23. The number of methoxy groups -OCH3 is 1. The molecule has 1 aromatic carbocycles. The van der Waals surface area contributed by atoms with E-state index in [1.165, 1.54) is 0 Å². The average molecular weight is 248 g/mol. The standard InChI is InChI=1S/C14H20N2O2/c1-16-8-6-11(7-9-16)14(17)15-12-4-3-5-13(10-12)18-2/h3-5,10-11H,6-9H2,1-2H3,(H,15,17). The van der Waals surface area contributed by atoms with Crippen molar-refractivity contribution in [1.29, 1.82) is 0 Å². The molecule has 0 spiro atoms. The second-order valence-corrected chi connectivity index (χ2v) is 4.80. The Balaban J connectivity index is 1.94. The number of likely N-dealkylation sites (tertiary alicyclic amines) is 1. The minimum absolute atomic E-state index is 0.122. The van der Waals surface area contributed by atoms with Gasteiger partial charge in [0.25, 0.3) is 0 Å². The second-order valence-electron chi connectivity index (χ2n) is 4.80. The maximum Gasteiger partial charge on any atom is 0.227 e. The topological polar surface area (TPSA) is 41.6 Å². The predicted molar refractivity (Wildman–Crippen MR) is 71.8 cm³/mol. The lowest BCUT2D eigenvalue weighted by molar-refractivity contribution is -0.121. The summed E-state index contributed by atoms with van der Waals surface area (Å²) in [5.41, 5.74) is 0.804. The van der Waals surface area contributed by atoms with Gasteiger partial charge in [0.05, 0.1) is 7.11 Å². The first-order valence-corrected chi connectivity index (χ1v) is 6.32. The van der Waals surface area contributed by atoms with E-state index in [0.29, 0.717) is 0 Å². The zero-order chi connectivity index (χ0) is 13.0. The monoisotopic (exact) mass is 248 g/mol. The van der Waals surface area contributed by atoms with Gasteiger partial charge >= 0.3 is 0 Å². The van der Waals surface area contributed by atoms with Crippen LogP contribution in [0.15, 0.2) is 24.3 Å². The maximum atomic E-state index is 12.1. The van der Waals surface area contributed by atoms with E-state index >= 15 is 0 Å². The summed E-state index contributed by atoms with van der Waals surface area (Å²) in [5.74, 6) is 1.01. The van der Waals surface area contributed by atoms with Crippen LogP contribution in [0.1, 0.15) is 12.8 Å². The molecule has 18 heavy (non-hydrogen) atoms. The number of amides is 1. The van der Waals surface area contributed by atoms with Crippen molar-refractivity contribution in [3.63, 3.8) is 0 Å². The number of anilines is 1. The number of nitrogens with zero attached hydrogens (tertiary/aromatic N) is 1. The summed E-state index contributed by atoms with van der Waals surface area (Å²) >= 11 is 0. The Bertz CT molecular complexity index is 412. The molecule has 2 rings (SSSR count). The summed E-state index contributed by atoms with van der Waals surface area (Å²) in [6, 6.07) is 7.47. The van der Waals surface area contributed by atoms with Gasteiger partial charge in [-0.2, -0.15) is 0 Å². The van der Waals surface area contributed by atoms with Crippen LogP contribution >= 0.6 is 0 Å². The smallest absolute Gasteiger partial charge is 0.227 e. The van der Waals surface area contributed by atoms with Crippen LogP contribution in [-0.2, 0) is 4.79 Å². The van der Waals surface area contributed by atoms with Gasteiger partial charge < -0.3 is 15.0 Å². The van der Waals surface area contributed by atoms with Crippen LogP contribution < -0.4 is 10.1 Å². The third-order valence-corrected chi connectivity index (χ3v) is 3.43. The van der Waals surface area contributed by atoms with Crippen LogP contribution in [0.5, 0.6) is 5.75 Å².